The van der Waals surface area contributed by atoms with Crippen molar-refractivity contribution in [2.75, 3.05) is 0 Å². The molecular formula is C24H20Br2N2O2. The number of aromatic nitrogens is 2. The third-order valence-electron chi connectivity index (χ3n) is 6.18. The maximum absolute atomic E-state index is 11.1. The molecule has 2 aliphatic heterocycles. The van der Waals surface area contributed by atoms with Crippen LogP contribution in [0.25, 0.3) is 21.8 Å². The lowest BCUT2D eigenvalue weighted by atomic mass is 10.1. The fourth-order valence-corrected chi connectivity index (χ4v) is 5.66. The number of aldehydes is 2. The van der Waals surface area contributed by atoms with Crippen molar-refractivity contribution in [2.24, 2.45) is 0 Å². The first kappa shape index (κ1) is 19.8. The molecule has 2 aromatic carbocycles. The SMILES string of the molecule is O=Cc1c2n(c3ccc(Br)cc13)CCC2.O=Cc1c2n(c3ccc(Br)cc13)CCC2. The van der Waals surface area contributed by atoms with E-state index in [9.17, 15) is 9.59 Å². The number of carbonyl (C=O) groups is 2. The first-order valence-electron chi connectivity index (χ1n) is 10.1. The number of carbonyl (C=O) groups excluding carboxylic acids is 2. The van der Waals surface area contributed by atoms with Gasteiger partial charge < -0.3 is 9.13 Å². The van der Waals surface area contributed by atoms with E-state index in [-0.39, 0.29) is 0 Å². The Kier molecular flexibility index (Phi) is 5.15. The summed E-state index contributed by atoms with van der Waals surface area (Å²) in [5.74, 6) is 0. The summed E-state index contributed by atoms with van der Waals surface area (Å²) in [4.78, 5) is 22.2. The lowest BCUT2D eigenvalue weighted by Gasteiger charge is -1.99. The average Bonchev–Trinajstić information content (AvgIpc) is 3.48. The molecule has 0 N–H and O–H groups in total. The van der Waals surface area contributed by atoms with Crippen LogP contribution < -0.4 is 0 Å². The van der Waals surface area contributed by atoms with E-state index >= 15 is 0 Å². The zero-order valence-electron chi connectivity index (χ0n) is 16.3. The summed E-state index contributed by atoms with van der Waals surface area (Å²) in [6.45, 7) is 2.09. The topological polar surface area (TPSA) is 44.0 Å². The third kappa shape index (κ3) is 3.08. The van der Waals surface area contributed by atoms with E-state index in [1.54, 1.807) is 0 Å². The normalized spacial score (nSPS) is 14.5. The van der Waals surface area contributed by atoms with E-state index in [0.29, 0.717) is 0 Å². The Hall–Kier alpha value is -2.18. The fraction of sp³-hybridized carbons (Fsp3) is 0.250. The molecule has 152 valence electrons. The summed E-state index contributed by atoms with van der Waals surface area (Å²) in [7, 11) is 0. The van der Waals surface area contributed by atoms with Gasteiger partial charge >= 0.3 is 0 Å². The highest BCUT2D eigenvalue weighted by Crippen LogP contribution is 2.33. The van der Waals surface area contributed by atoms with E-state index in [4.69, 9.17) is 0 Å². The zero-order chi connectivity index (χ0) is 20.8. The molecule has 0 atom stereocenters. The van der Waals surface area contributed by atoms with Crippen LogP contribution in [0.5, 0.6) is 0 Å². The van der Waals surface area contributed by atoms with Crippen LogP contribution in [0.2, 0.25) is 0 Å². The number of benzene rings is 2. The Morgan fingerprint density at radius 3 is 1.53 bits per heavy atom. The highest BCUT2D eigenvalue weighted by molar-refractivity contribution is 9.10. The van der Waals surface area contributed by atoms with Gasteiger partial charge in [-0.15, -0.1) is 0 Å². The number of rotatable bonds is 2. The van der Waals surface area contributed by atoms with Crippen molar-refractivity contribution in [3.8, 4) is 0 Å². The lowest BCUT2D eigenvalue weighted by molar-refractivity contribution is 0.111. The monoisotopic (exact) mass is 526 g/mol. The van der Waals surface area contributed by atoms with Gasteiger partial charge in [0.1, 0.15) is 0 Å². The summed E-state index contributed by atoms with van der Waals surface area (Å²) in [6.07, 6.45) is 6.35. The largest absolute Gasteiger partial charge is 0.344 e. The van der Waals surface area contributed by atoms with Crippen molar-refractivity contribution in [1.29, 1.82) is 0 Å². The molecule has 6 heteroatoms. The van der Waals surface area contributed by atoms with E-state index < -0.39 is 0 Å². The molecule has 0 bridgehead atoms. The number of aryl methyl sites for hydroxylation is 2. The second-order valence-electron chi connectivity index (χ2n) is 7.79. The third-order valence-corrected chi connectivity index (χ3v) is 7.17. The minimum Gasteiger partial charge on any atom is -0.344 e. The van der Waals surface area contributed by atoms with Crippen LogP contribution in [0, 0.1) is 0 Å². The summed E-state index contributed by atoms with van der Waals surface area (Å²) in [6, 6.07) is 12.3. The molecule has 6 rings (SSSR count). The smallest absolute Gasteiger partial charge is 0.152 e. The minimum atomic E-state index is 0.879. The second-order valence-corrected chi connectivity index (χ2v) is 9.62. The van der Waals surface area contributed by atoms with Crippen LogP contribution in [0.4, 0.5) is 0 Å². The molecule has 0 aliphatic carbocycles. The number of nitrogens with zero attached hydrogens (tertiary/aromatic N) is 2. The van der Waals surface area contributed by atoms with Crippen LogP contribution in [-0.4, -0.2) is 21.7 Å². The quantitative estimate of drug-likeness (QED) is 0.286. The van der Waals surface area contributed by atoms with Gasteiger partial charge in [-0.3, -0.25) is 9.59 Å². The average molecular weight is 528 g/mol. The number of halogens is 2. The number of hydrogen-bond acceptors (Lipinski definition) is 2. The molecule has 4 heterocycles. The molecule has 0 fully saturated rings. The van der Waals surface area contributed by atoms with Crippen molar-refractivity contribution in [3.05, 3.63) is 67.9 Å². The molecule has 0 radical (unpaired) electrons. The molecule has 2 aromatic heterocycles. The van der Waals surface area contributed by atoms with Gasteiger partial charge in [0.25, 0.3) is 0 Å². The maximum atomic E-state index is 11.1. The molecule has 4 aromatic rings. The van der Waals surface area contributed by atoms with Crippen LogP contribution in [-0.2, 0) is 25.9 Å². The molecule has 0 saturated heterocycles. The van der Waals surface area contributed by atoms with E-state index in [0.717, 1.165) is 82.2 Å². The van der Waals surface area contributed by atoms with Gasteiger partial charge in [0.05, 0.1) is 0 Å². The molecule has 0 amide bonds. The van der Waals surface area contributed by atoms with Crippen LogP contribution in [0.1, 0.15) is 44.9 Å². The fourth-order valence-electron chi connectivity index (χ4n) is 4.93. The van der Waals surface area contributed by atoms with Crippen molar-refractivity contribution < 1.29 is 9.59 Å². The number of hydrogen-bond donors (Lipinski definition) is 0. The van der Waals surface area contributed by atoms with Gasteiger partial charge in [-0.25, -0.2) is 0 Å². The Morgan fingerprint density at radius 1 is 0.700 bits per heavy atom. The first-order chi connectivity index (χ1) is 14.6. The Bertz CT molecular complexity index is 1210. The van der Waals surface area contributed by atoms with Gasteiger partial charge in [0.15, 0.2) is 12.6 Å². The van der Waals surface area contributed by atoms with Crippen molar-refractivity contribution in [3.63, 3.8) is 0 Å². The van der Waals surface area contributed by atoms with Crippen LogP contribution in [0.15, 0.2) is 45.3 Å². The molecule has 2 aliphatic rings. The Labute approximate surface area is 191 Å². The molecule has 0 spiro atoms. The first-order valence-corrected chi connectivity index (χ1v) is 11.7. The Balaban J connectivity index is 0.000000128. The maximum Gasteiger partial charge on any atom is 0.152 e. The van der Waals surface area contributed by atoms with Crippen molar-refractivity contribution >= 4 is 66.2 Å². The van der Waals surface area contributed by atoms with Crippen molar-refractivity contribution in [2.45, 2.75) is 38.8 Å². The lowest BCUT2D eigenvalue weighted by Crippen LogP contribution is -1.91. The van der Waals surface area contributed by atoms with Gasteiger partial charge in [-0.1, -0.05) is 31.9 Å². The van der Waals surface area contributed by atoms with Gasteiger partial charge in [0, 0.05) is 66.4 Å². The van der Waals surface area contributed by atoms with Gasteiger partial charge in [-0.05, 0) is 62.1 Å². The molecule has 0 unspecified atom stereocenters. The summed E-state index contributed by atoms with van der Waals surface area (Å²) < 4.78 is 6.60. The molecule has 4 nitrogen and oxygen atoms in total. The molecular weight excluding hydrogens is 508 g/mol. The zero-order valence-corrected chi connectivity index (χ0v) is 19.5. The van der Waals surface area contributed by atoms with Gasteiger partial charge in [-0.2, -0.15) is 0 Å². The number of fused-ring (bicyclic) bond motifs is 6. The molecule has 30 heavy (non-hydrogen) atoms. The highest BCUT2D eigenvalue weighted by Gasteiger charge is 2.21. The summed E-state index contributed by atoms with van der Waals surface area (Å²) in [5.41, 5.74) is 6.55. The van der Waals surface area contributed by atoms with Gasteiger partial charge in [0.2, 0.25) is 0 Å². The summed E-state index contributed by atoms with van der Waals surface area (Å²) in [5, 5.41) is 2.16. The second kappa shape index (κ2) is 7.82. The summed E-state index contributed by atoms with van der Waals surface area (Å²) >= 11 is 6.89. The van der Waals surface area contributed by atoms with E-state index in [1.807, 2.05) is 24.3 Å². The predicted octanol–water partition coefficient (Wildman–Crippen LogP) is 6.33. The van der Waals surface area contributed by atoms with Crippen LogP contribution >= 0.6 is 31.9 Å². The van der Waals surface area contributed by atoms with Crippen LogP contribution in [0.3, 0.4) is 0 Å². The van der Waals surface area contributed by atoms with E-state index in [2.05, 4.69) is 53.1 Å². The predicted molar refractivity (Wildman–Crippen MR) is 127 cm³/mol. The van der Waals surface area contributed by atoms with E-state index in [1.165, 1.54) is 22.4 Å². The Morgan fingerprint density at radius 2 is 1.13 bits per heavy atom. The minimum absolute atomic E-state index is 0.879. The molecule has 0 saturated carbocycles. The van der Waals surface area contributed by atoms with Crippen molar-refractivity contribution in [1.82, 2.24) is 9.13 Å². The highest BCUT2D eigenvalue weighted by atomic mass is 79.9. The standard InChI is InChI=1S/2C12H10BrNO/c2*13-8-3-4-12-9(6-8)10(7-15)11-2-1-5-14(11)12/h2*3-4,6-7H,1-2,5H2.